The van der Waals surface area contributed by atoms with Gasteiger partial charge in [0.15, 0.2) is 5.96 Å². The minimum absolute atomic E-state index is 0.104. The zero-order valence-electron chi connectivity index (χ0n) is 16.4. The highest BCUT2D eigenvalue weighted by atomic mass is 32.1. The summed E-state index contributed by atoms with van der Waals surface area (Å²) in [6, 6.07) is 0. The van der Waals surface area contributed by atoms with Crippen molar-refractivity contribution < 1.29 is 4.74 Å². The lowest BCUT2D eigenvalue weighted by molar-refractivity contribution is 0.0732. The summed E-state index contributed by atoms with van der Waals surface area (Å²) in [5, 5.41) is 10.2. The standard InChI is InChI=1S/C19H34N4OS/c1-6-20-17(22-14-19(8-7-9-19)10-11-24-5)21-12-15-13-25-16(23-15)18(2,3)4/h13H,6-12,14H2,1-5H3,(H2,20,21,22). The van der Waals surface area contributed by atoms with E-state index in [1.165, 1.54) is 24.3 Å². The van der Waals surface area contributed by atoms with E-state index in [0.717, 1.165) is 37.8 Å². The maximum atomic E-state index is 5.28. The van der Waals surface area contributed by atoms with Gasteiger partial charge in [0.25, 0.3) is 0 Å². The second kappa shape index (κ2) is 8.99. The first-order chi connectivity index (χ1) is 11.9. The highest BCUT2D eigenvalue weighted by Crippen LogP contribution is 2.43. The van der Waals surface area contributed by atoms with Gasteiger partial charge in [0, 0.05) is 37.6 Å². The van der Waals surface area contributed by atoms with Crippen LogP contribution in [0.25, 0.3) is 0 Å². The first-order valence-electron chi connectivity index (χ1n) is 9.34. The average molecular weight is 367 g/mol. The lowest BCUT2D eigenvalue weighted by atomic mass is 9.67. The SMILES string of the molecule is CCNC(=NCc1csc(C(C)(C)C)n1)NCC1(CCOC)CCC1. The highest BCUT2D eigenvalue weighted by molar-refractivity contribution is 7.09. The molecule has 142 valence electrons. The van der Waals surface area contributed by atoms with Gasteiger partial charge in [-0.15, -0.1) is 11.3 Å². The molecule has 0 unspecified atom stereocenters. The summed E-state index contributed by atoms with van der Waals surface area (Å²) in [5.74, 6) is 0.886. The van der Waals surface area contributed by atoms with Gasteiger partial charge in [-0.3, -0.25) is 0 Å². The van der Waals surface area contributed by atoms with Crippen molar-refractivity contribution in [2.45, 2.75) is 65.3 Å². The summed E-state index contributed by atoms with van der Waals surface area (Å²) in [6.07, 6.45) is 5.01. The van der Waals surface area contributed by atoms with Crippen LogP contribution in [0.15, 0.2) is 10.4 Å². The molecule has 1 aromatic rings. The van der Waals surface area contributed by atoms with Crippen LogP contribution in [0.1, 0.15) is 64.1 Å². The quantitative estimate of drug-likeness (QED) is 0.544. The van der Waals surface area contributed by atoms with Gasteiger partial charge in [-0.25, -0.2) is 9.98 Å². The van der Waals surface area contributed by atoms with Gasteiger partial charge in [-0.1, -0.05) is 27.2 Å². The summed E-state index contributed by atoms with van der Waals surface area (Å²) in [5.41, 5.74) is 1.53. The molecule has 5 nitrogen and oxygen atoms in total. The Labute approximate surface area is 156 Å². The topological polar surface area (TPSA) is 58.5 Å². The number of thiazole rings is 1. The molecule has 6 heteroatoms. The summed E-state index contributed by atoms with van der Waals surface area (Å²) in [7, 11) is 1.78. The maximum absolute atomic E-state index is 5.28. The van der Waals surface area contributed by atoms with Crippen LogP contribution in [0.5, 0.6) is 0 Å². The first kappa shape index (κ1) is 20.2. The number of hydrogen-bond acceptors (Lipinski definition) is 4. The van der Waals surface area contributed by atoms with Crippen molar-refractivity contribution in [1.82, 2.24) is 15.6 Å². The van der Waals surface area contributed by atoms with Crippen molar-refractivity contribution in [3.05, 3.63) is 16.1 Å². The Kier molecular flexibility index (Phi) is 7.25. The van der Waals surface area contributed by atoms with Crippen LogP contribution in [0.2, 0.25) is 0 Å². The van der Waals surface area contributed by atoms with E-state index in [0.29, 0.717) is 12.0 Å². The molecule has 0 amide bonds. The van der Waals surface area contributed by atoms with E-state index < -0.39 is 0 Å². The van der Waals surface area contributed by atoms with Crippen molar-refractivity contribution in [1.29, 1.82) is 0 Å². The first-order valence-corrected chi connectivity index (χ1v) is 10.2. The van der Waals surface area contributed by atoms with Crippen LogP contribution in [-0.2, 0) is 16.7 Å². The van der Waals surface area contributed by atoms with Crippen molar-refractivity contribution in [3.8, 4) is 0 Å². The van der Waals surface area contributed by atoms with E-state index in [-0.39, 0.29) is 5.41 Å². The van der Waals surface area contributed by atoms with Crippen LogP contribution in [0.4, 0.5) is 0 Å². The molecule has 0 bridgehead atoms. The van der Waals surface area contributed by atoms with Crippen molar-refractivity contribution in [2.75, 3.05) is 26.8 Å². The van der Waals surface area contributed by atoms with Gasteiger partial charge >= 0.3 is 0 Å². The molecule has 0 atom stereocenters. The van der Waals surface area contributed by atoms with Crippen molar-refractivity contribution >= 4 is 17.3 Å². The second-order valence-corrected chi connectivity index (χ2v) is 8.90. The Bertz CT molecular complexity index is 558. The molecule has 0 spiro atoms. The molecule has 1 heterocycles. The number of aliphatic imine (C=N–C) groups is 1. The number of nitrogens with one attached hydrogen (secondary N) is 2. The predicted molar refractivity (Wildman–Crippen MR) is 106 cm³/mol. The van der Waals surface area contributed by atoms with Crippen LogP contribution in [0.3, 0.4) is 0 Å². The van der Waals surface area contributed by atoms with E-state index in [9.17, 15) is 0 Å². The minimum Gasteiger partial charge on any atom is -0.385 e. The summed E-state index contributed by atoms with van der Waals surface area (Å²) in [4.78, 5) is 9.46. The van der Waals surface area contributed by atoms with E-state index in [1.54, 1.807) is 18.4 Å². The molecule has 0 aliphatic heterocycles. The van der Waals surface area contributed by atoms with Crippen LogP contribution in [0, 0.1) is 5.41 Å². The lowest BCUT2D eigenvalue weighted by Crippen LogP contribution is -2.47. The Morgan fingerprint density at radius 2 is 2.12 bits per heavy atom. The zero-order valence-corrected chi connectivity index (χ0v) is 17.3. The summed E-state index contributed by atoms with van der Waals surface area (Å²) < 4.78 is 5.28. The lowest BCUT2D eigenvalue weighted by Gasteiger charge is -2.42. The van der Waals surface area contributed by atoms with E-state index in [4.69, 9.17) is 14.7 Å². The zero-order chi connectivity index (χ0) is 18.3. The number of guanidine groups is 1. The second-order valence-electron chi connectivity index (χ2n) is 8.04. The molecule has 1 aliphatic carbocycles. The molecule has 1 fully saturated rings. The third-order valence-corrected chi connectivity index (χ3v) is 6.14. The van der Waals surface area contributed by atoms with Crippen molar-refractivity contribution in [3.63, 3.8) is 0 Å². The predicted octanol–water partition coefficient (Wildman–Crippen LogP) is 3.70. The molecule has 1 aromatic heterocycles. The monoisotopic (exact) mass is 366 g/mol. The molecule has 2 rings (SSSR count). The number of aromatic nitrogens is 1. The van der Waals surface area contributed by atoms with Crippen molar-refractivity contribution in [2.24, 2.45) is 10.4 Å². The maximum Gasteiger partial charge on any atom is 0.191 e. The molecule has 25 heavy (non-hydrogen) atoms. The largest absolute Gasteiger partial charge is 0.385 e. The third kappa shape index (κ3) is 5.96. The molecule has 0 radical (unpaired) electrons. The van der Waals surface area contributed by atoms with Crippen LogP contribution >= 0.6 is 11.3 Å². The Morgan fingerprint density at radius 3 is 2.64 bits per heavy atom. The molecule has 2 N–H and O–H groups in total. The van der Waals surface area contributed by atoms with E-state index >= 15 is 0 Å². The molecule has 1 aliphatic rings. The number of ether oxygens (including phenoxy) is 1. The Morgan fingerprint density at radius 1 is 1.36 bits per heavy atom. The minimum atomic E-state index is 0.104. The normalized spacial score (nSPS) is 17.2. The smallest absolute Gasteiger partial charge is 0.191 e. The van der Waals surface area contributed by atoms with Crippen LogP contribution < -0.4 is 10.6 Å². The molecule has 0 saturated heterocycles. The van der Waals surface area contributed by atoms with E-state index in [1.807, 2.05) is 0 Å². The number of rotatable bonds is 8. The Hall–Kier alpha value is -1.14. The van der Waals surface area contributed by atoms with Gasteiger partial charge in [0.1, 0.15) is 0 Å². The number of hydrogen-bond donors (Lipinski definition) is 2. The number of methoxy groups -OCH3 is 1. The van der Waals surface area contributed by atoms with Gasteiger partial charge < -0.3 is 15.4 Å². The Balaban J connectivity index is 1.92. The number of nitrogens with zero attached hydrogens (tertiary/aromatic N) is 2. The summed E-state index contributed by atoms with van der Waals surface area (Å²) in [6.45, 7) is 12.0. The molecular formula is C19H34N4OS. The fourth-order valence-corrected chi connectivity index (χ4v) is 3.91. The third-order valence-electron chi connectivity index (χ3n) is 4.82. The molecule has 1 saturated carbocycles. The highest BCUT2D eigenvalue weighted by Gasteiger charge is 2.36. The van der Waals surface area contributed by atoms with E-state index in [2.05, 4.69) is 43.7 Å². The van der Waals surface area contributed by atoms with Crippen LogP contribution in [-0.4, -0.2) is 37.7 Å². The van der Waals surface area contributed by atoms with Gasteiger partial charge in [-0.2, -0.15) is 0 Å². The molecule has 0 aromatic carbocycles. The molecular weight excluding hydrogens is 332 g/mol. The van der Waals surface area contributed by atoms with Gasteiger partial charge in [-0.05, 0) is 31.6 Å². The van der Waals surface area contributed by atoms with Gasteiger partial charge in [0.05, 0.1) is 17.2 Å². The van der Waals surface area contributed by atoms with Gasteiger partial charge in [0.2, 0.25) is 0 Å². The summed E-state index contributed by atoms with van der Waals surface area (Å²) >= 11 is 1.73. The average Bonchev–Trinajstić information content (AvgIpc) is 3.00. The fraction of sp³-hybridized carbons (Fsp3) is 0.789. The fourth-order valence-electron chi connectivity index (χ4n) is 3.01.